The van der Waals surface area contributed by atoms with Gasteiger partial charge < -0.3 is 5.11 Å². The van der Waals surface area contributed by atoms with E-state index in [1.165, 1.54) is 6.92 Å². The highest BCUT2D eigenvalue weighted by atomic mass is 32.3. The normalized spacial score (nSPS) is 15.4. The molecule has 0 saturated carbocycles. The molecule has 0 atom stereocenters. The monoisotopic (exact) mass is 667 g/mol. The molecule has 234 valence electrons. The quantitative estimate of drug-likeness (QED) is 0.271. The minimum absolute atomic E-state index is 0.176. The van der Waals surface area contributed by atoms with Gasteiger partial charge in [-0.2, -0.15) is 79.0 Å². The largest absolute Gasteiger partial charge is 0.478 e. The van der Waals surface area contributed by atoms with Crippen LogP contribution in [0.15, 0.2) is 12.2 Å². The summed E-state index contributed by atoms with van der Waals surface area (Å²) < 4.78 is 268. The first-order valence-electron chi connectivity index (χ1n) is 7.92. The van der Waals surface area contributed by atoms with Crippen molar-refractivity contribution in [3.63, 3.8) is 0 Å². The predicted molar refractivity (Wildman–Crippen MR) is 85.2 cm³/mol. The molecular weight excluding hydrogens is 660 g/mol. The lowest BCUT2D eigenvalue weighted by Gasteiger charge is -2.34. The fraction of sp³-hybridized carbons (Fsp3) is 0.750. The molecule has 0 bridgehead atoms. The van der Waals surface area contributed by atoms with Crippen LogP contribution in [0.4, 0.5) is 79.0 Å². The van der Waals surface area contributed by atoms with Gasteiger partial charge in [0, 0.05) is 5.57 Å². The minimum atomic E-state index is -8.68. The van der Waals surface area contributed by atoms with E-state index in [4.69, 9.17) is 5.11 Å². The Morgan fingerprint density at radius 2 is 0.744 bits per heavy atom. The van der Waals surface area contributed by atoms with Crippen LogP contribution in [0.3, 0.4) is 0 Å². The molecule has 0 radical (unpaired) electrons. The van der Waals surface area contributed by atoms with Crippen molar-refractivity contribution in [1.29, 1.82) is 0 Å². The minimum Gasteiger partial charge on any atom is -0.478 e. The lowest BCUT2D eigenvalue weighted by molar-refractivity contribution is -0.382. The second kappa shape index (κ2) is 10.3. The first-order valence-corrected chi connectivity index (χ1v) is 10.9. The van der Waals surface area contributed by atoms with Gasteiger partial charge in [-0.25, -0.2) is 21.6 Å². The molecule has 0 aliphatic carbocycles. The van der Waals surface area contributed by atoms with Crippen molar-refractivity contribution >= 4 is 26.0 Å². The molecule has 0 spiro atoms. The average molecular weight is 667 g/mol. The van der Waals surface area contributed by atoms with E-state index in [0.717, 1.165) is 0 Å². The summed E-state index contributed by atoms with van der Waals surface area (Å²) in [6.45, 7) is 4.60. The van der Waals surface area contributed by atoms with Gasteiger partial charge in [0.15, 0.2) is 0 Å². The van der Waals surface area contributed by atoms with Crippen LogP contribution in [0, 0.1) is 0 Å². The van der Waals surface area contributed by atoms with E-state index in [0.29, 0.717) is 0 Å². The zero-order valence-electron chi connectivity index (χ0n) is 17.3. The van der Waals surface area contributed by atoms with E-state index in [2.05, 4.69) is 6.58 Å². The van der Waals surface area contributed by atoms with Gasteiger partial charge in [0.05, 0.1) is 0 Å². The molecule has 0 saturated heterocycles. The number of hydrogen-bond acceptors (Lipinski definition) is 5. The molecule has 0 aromatic rings. The number of carboxylic acid groups (broad SMARTS) is 1. The van der Waals surface area contributed by atoms with Crippen LogP contribution >= 0.6 is 0 Å². The summed E-state index contributed by atoms with van der Waals surface area (Å²) in [5.74, 6) is -33.8. The number of rotatable bonds is 9. The van der Waals surface area contributed by atoms with Crippen molar-refractivity contribution in [3.8, 4) is 0 Å². The smallest absolute Gasteiger partial charge is 0.460 e. The first kappa shape index (κ1) is 39.0. The Labute approximate surface area is 202 Å². The van der Waals surface area contributed by atoms with E-state index in [9.17, 15) is 101 Å². The summed E-state index contributed by atoms with van der Waals surface area (Å²) in [5, 5.41) is -8.43. The molecule has 27 heteroatoms. The summed E-state index contributed by atoms with van der Waals surface area (Å²) in [6, 6.07) is 0. The van der Waals surface area contributed by atoms with Crippen LogP contribution in [0.2, 0.25) is 0 Å². The average Bonchev–Trinajstić information content (AvgIpc) is 2.64. The molecule has 0 heterocycles. The van der Waals surface area contributed by atoms with E-state index < -0.39 is 76.7 Å². The molecular formula is C12H7F18NO6S2. The van der Waals surface area contributed by atoms with Crippen LogP contribution < -0.4 is 4.13 Å². The molecule has 0 aromatic heterocycles. The molecule has 39 heavy (non-hydrogen) atoms. The molecule has 0 aliphatic heterocycles. The molecule has 0 aromatic carbocycles. The Hall–Kier alpha value is -2.19. The third kappa shape index (κ3) is 6.43. The Balaban J connectivity index is 0. The number of aliphatic carboxylic acids is 1. The van der Waals surface area contributed by atoms with Gasteiger partial charge in [-0.1, -0.05) is 10.7 Å². The Bertz CT molecular complexity index is 1060. The zero-order chi connectivity index (χ0) is 32.9. The molecule has 0 aliphatic rings. The summed E-state index contributed by atoms with van der Waals surface area (Å²) >= 11 is 0. The fourth-order valence-corrected chi connectivity index (χ4v) is 4.23. The number of carbonyl (C=O) groups is 1. The van der Waals surface area contributed by atoms with Crippen LogP contribution in [0.5, 0.6) is 0 Å². The highest BCUT2D eigenvalue weighted by Gasteiger charge is 2.88. The number of halogens is 18. The van der Waals surface area contributed by atoms with Crippen LogP contribution in [0.25, 0.3) is 0 Å². The van der Waals surface area contributed by atoms with Crippen molar-refractivity contribution in [3.05, 3.63) is 12.2 Å². The zero-order valence-corrected chi connectivity index (χ0v) is 18.9. The summed E-state index contributed by atoms with van der Waals surface area (Å²) in [5.41, 5.74) is 0.176. The number of nitrogens with one attached hydrogen (secondary N) is 1. The van der Waals surface area contributed by atoms with Crippen molar-refractivity contribution in [1.82, 2.24) is 4.13 Å². The van der Waals surface area contributed by atoms with Crippen molar-refractivity contribution in [2.24, 2.45) is 0 Å². The number of alkyl halides is 18. The highest BCUT2D eigenvalue weighted by Crippen LogP contribution is 2.56. The molecule has 0 unspecified atom stereocenters. The standard InChI is InChI=1S/C8HF18NO4S2.C4H6O2/c9-1(10,5(17,18)19)3(13,14)7(23,24)32(28,29)27-33(30,31)8(25,26)4(15,16)2(11,12)6(20,21)22;1-3(2)4(5)6/h27H;1H2,2H3,(H,5,6). The summed E-state index contributed by atoms with van der Waals surface area (Å²) in [6.07, 6.45) is -15.5. The van der Waals surface area contributed by atoms with E-state index >= 15 is 0 Å². The Morgan fingerprint density at radius 1 is 0.564 bits per heavy atom. The maximum absolute atomic E-state index is 13.2. The fourth-order valence-electron chi connectivity index (χ4n) is 1.31. The van der Waals surface area contributed by atoms with Gasteiger partial charge in [-0.3, -0.25) is 0 Å². The van der Waals surface area contributed by atoms with Crippen molar-refractivity contribution in [2.75, 3.05) is 0 Å². The SMILES string of the molecule is C=C(C)C(=O)O.O=S(=O)(NS(=O)(=O)C(F)(F)C(F)(F)C(F)(F)C(F)(F)F)C(F)(F)C(F)(F)C(F)(F)C(F)(F)F. The van der Waals surface area contributed by atoms with Gasteiger partial charge >= 0.3 is 52.5 Å². The van der Waals surface area contributed by atoms with Gasteiger partial charge in [0.25, 0.3) is 20.0 Å². The van der Waals surface area contributed by atoms with Crippen molar-refractivity contribution in [2.45, 2.75) is 53.5 Å². The lowest BCUT2D eigenvalue weighted by atomic mass is 10.1. The third-order valence-electron chi connectivity index (χ3n) is 3.49. The van der Waals surface area contributed by atoms with Gasteiger partial charge in [0.2, 0.25) is 0 Å². The second-order valence-corrected chi connectivity index (χ2v) is 10.2. The molecule has 2 N–H and O–H groups in total. The van der Waals surface area contributed by atoms with Crippen LogP contribution in [-0.4, -0.2) is 74.5 Å². The van der Waals surface area contributed by atoms with E-state index in [1.807, 2.05) is 0 Å². The first-order chi connectivity index (χ1) is 16.3. The molecule has 7 nitrogen and oxygen atoms in total. The summed E-state index contributed by atoms with van der Waals surface area (Å²) in [7, 11) is -17.4. The van der Waals surface area contributed by atoms with Gasteiger partial charge in [0.1, 0.15) is 0 Å². The third-order valence-corrected chi connectivity index (χ3v) is 7.11. The summed E-state index contributed by atoms with van der Waals surface area (Å²) in [4.78, 5) is 9.60. The van der Waals surface area contributed by atoms with Gasteiger partial charge in [-0.05, 0) is 6.92 Å². The van der Waals surface area contributed by atoms with Gasteiger partial charge in [-0.15, -0.1) is 0 Å². The Kier molecular flexibility index (Phi) is 10.3. The maximum Gasteiger partial charge on any atom is 0.460 e. The van der Waals surface area contributed by atoms with Crippen LogP contribution in [-0.2, 0) is 24.8 Å². The van der Waals surface area contributed by atoms with E-state index in [-0.39, 0.29) is 5.57 Å². The molecule has 0 rings (SSSR count). The van der Waals surface area contributed by atoms with E-state index in [1.54, 1.807) is 0 Å². The number of hydrogen-bond donors (Lipinski definition) is 2. The predicted octanol–water partition coefficient (Wildman–Crippen LogP) is 4.73. The second-order valence-electron chi connectivity index (χ2n) is 6.50. The number of sulfonamides is 2. The number of carboxylic acids is 1. The molecule has 0 fully saturated rings. The topological polar surface area (TPSA) is 118 Å². The van der Waals surface area contributed by atoms with Crippen LogP contribution in [0.1, 0.15) is 6.92 Å². The van der Waals surface area contributed by atoms with Crippen molar-refractivity contribution < 1.29 is 106 Å². The highest BCUT2D eigenvalue weighted by molar-refractivity contribution is 8.05. The maximum atomic E-state index is 13.2. The Morgan fingerprint density at radius 3 is 0.872 bits per heavy atom. The molecule has 0 amide bonds. The lowest BCUT2D eigenvalue weighted by Crippen LogP contribution is -2.68.